The lowest BCUT2D eigenvalue weighted by molar-refractivity contribution is -0.148. The summed E-state index contributed by atoms with van der Waals surface area (Å²) in [6, 6.07) is 1.80. The summed E-state index contributed by atoms with van der Waals surface area (Å²) < 4.78 is 43.1. The Labute approximate surface area is 176 Å². The van der Waals surface area contributed by atoms with Crippen molar-refractivity contribution >= 4 is 5.57 Å². The smallest absolute Gasteiger partial charge is 0.251 e. The first-order chi connectivity index (χ1) is 14.2. The molecule has 1 aromatic heterocycles. The summed E-state index contributed by atoms with van der Waals surface area (Å²) in [5, 5.41) is 4.36. The van der Waals surface area contributed by atoms with Crippen molar-refractivity contribution in [1.29, 1.82) is 0 Å². The number of hydrogen-bond acceptors (Lipinski definition) is 3. The summed E-state index contributed by atoms with van der Waals surface area (Å²) >= 11 is 0. The maximum absolute atomic E-state index is 14.9. The van der Waals surface area contributed by atoms with Gasteiger partial charge in [-0.2, -0.15) is 0 Å². The van der Waals surface area contributed by atoms with Gasteiger partial charge in [-0.15, -0.1) is 0 Å². The third-order valence-corrected chi connectivity index (χ3v) is 7.22. The van der Waals surface area contributed by atoms with E-state index in [4.69, 9.17) is 0 Å². The molecule has 1 aliphatic carbocycles. The van der Waals surface area contributed by atoms with Gasteiger partial charge in [0.05, 0.1) is 17.4 Å². The Morgan fingerprint density at radius 1 is 1.27 bits per heavy atom. The van der Waals surface area contributed by atoms with E-state index in [0.717, 1.165) is 37.5 Å². The van der Waals surface area contributed by atoms with E-state index < -0.39 is 17.2 Å². The Morgan fingerprint density at radius 3 is 2.53 bits per heavy atom. The SMILES string of the molecule is CCC1=C2C=C(c3cnc(CC4(C(C)(F)F)CCC4)c(F)c3)C=CN2N(C)C1CC. The number of nitrogens with zero attached hydrogens (tertiary/aromatic N) is 3. The van der Waals surface area contributed by atoms with Crippen molar-refractivity contribution < 1.29 is 13.2 Å². The molecule has 6 heteroatoms. The zero-order valence-corrected chi connectivity index (χ0v) is 18.2. The van der Waals surface area contributed by atoms with E-state index in [2.05, 4.69) is 42.0 Å². The van der Waals surface area contributed by atoms with Crippen molar-refractivity contribution in [3.8, 4) is 0 Å². The quantitative estimate of drug-likeness (QED) is 0.557. The number of allylic oxidation sites excluding steroid dienone is 3. The monoisotopic (exact) mass is 417 g/mol. The molecule has 30 heavy (non-hydrogen) atoms. The number of alkyl halides is 2. The summed E-state index contributed by atoms with van der Waals surface area (Å²) in [5.74, 6) is -3.33. The van der Waals surface area contributed by atoms with Crippen LogP contribution in [0.4, 0.5) is 13.2 Å². The molecule has 0 saturated heterocycles. The molecule has 3 nitrogen and oxygen atoms in total. The van der Waals surface area contributed by atoms with Gasteiger partial charge < -0.3 is 0 Å². The van der Waals surface area contributed by atoms with Gasteiger partial charge in [-0.05, 0) is 62.0 Å². The predicted molar refractivity (Wildman–Crippen MR) is 113 cm³/mol. The average molecular weight is 418 g/mol. The molecule has 1 aromatic rings. The van der Waals surface area contributed by atoms with E-state index >= 15 is 0 Å². The lowest BCUT2D eigenvalue weighted by Crippen LogP contribution is -2.46. The second-order valence-electron chi connectivity index (χ2n) is 8.87. The van der Waals surface area contributed by atoms with Gasteiger partial charge in [-0.1, -0.05) is 20.3 Å². The highest BCUT2D eigenvalue weighted by molar-refractivity contribution is 5.77. The molecule has 162 valence electrons. The Morgan fingerprint density at radius 2 is 2.00 bits per heavy atom. The highest BCUT2D eigenvalue weighted by Gasteiger charge is 2.54. The number of likely N-dealkylation sites (N-methyl/N-ethyl adjacent to an activating group) is 1. The number of hydrogen-bond donors (Lipinski definition) is 0. The van der Waals surface area contributed by atoms with Gasteiger partial charge in [-0.3, -0.25) is 9.99 Å². The minimum atomic E-state index is -2.83. The number of fused-ring (bicyclic) bond motifs is 1. The van der Waals surface area contributed by atoms with Crippen LogP contribution in [0.2, 0.25) is 0 Å². The van der Waals surface area contributed by atoms with Crippen LogP contribution < -0.4 is 0 Å². The van der Waals surface area contributed by atoms with E-state index in [1.807, 2.05) is 12.3 Å². The minimum Gasteiger partial charge on any atom is -0.281 e. The van der Waals surface area contributed by atoms with Crippen LogP contribution in [0.15, 0.2) is 41.9 Å². The predicted octanol–water partition coefficient (Wildman–Crippen LogP) is 6.10. The highest BCUT2D eigenvalue weighted by Crippen LogP contribution is 2.54. The Bertz CT molecular complexity index is 922. The zero-order valence-electron chi connectivity index (χ0n) is 18.2. The van der Waals surface area contributed by atoms with Gasteiger partial charge >= 0.3 is 0 Å². The number of aromatic nitrogens is 1. The van der Waals surface area contributed by atoms with Crippen LogP contribution in [0.1, 0.15) is 64.1 Å². The molecule has 3 aliphatic rings. The largest absolute Gasteiger partial charge is 0.281 e. The Balaban J connectivity index is 1.63. The van der Waals surface area contributed by atoms with Crippen LogP contribution in [-0.4, -0.2) is 34.0 Å². The molecule has 0 bridgehead atoms. The molecule has 0 aromatic carbocycles. The second-order valence-corrected chi connectivity index (χ2v) is 8.87. The molecule has 0 radical (unpaired) electrons. The van der Waals surface area contributed by atoms with Gasteiger partial charge in [0.1, 0.15) is 5.82 Å². The molecule has 0 amide bonds. The third-order valence-electron chi connectivity index (χ3n) is 7.22. The number of halogens is 3. The maximum atomic E-state index is 14.9. The summed E-state index contributed by atoms with van der Waals surface area (Å²) in [7, 11) is 2.08. The van der Waals surface area contributed by atoms with Gasteiger partial charge in [-0.25, -0.2) is 18.2 Å². The van der Waals surface area contributed by atoms with E-state index in [1.165, 1.54) is 11.6 Å². The first-order valence-corrected chi connectivity index (χ1v) is 10.9. The van der Waals surface area contributed by atoms with Crippen molar-refractivity contribution in [3.05, 3.63) is 59.0 Å². The third kappa shape index (κ3) is 3.29. The molecule has 1 unspecified atom stereocenters. The van der Waals surface area contributed by atoms with E-state index in [9.17, 15) is 13.2 Å². The van der Waals surface area contributed by atoms with Crippen molar-refractivity contribution in [1.82, 2.24) is 15.0 Å². The first-order valence-electron chi connectivity index (χ1n) is 10.9. The number of rotatable bonds is 6. The fraction of sp³-hybridized carbons (Fsp3) is 0.542. The molecular weight excluding hydrogens is 387 g/mol. The van der Waals surface area contributed by atoms with Crippen molar-refractivity contribution in [3.63, 3.8) is 0 Å². The van der Waals surface area contributed by atoms with E-state index in [0.29, 0.717) is 24.4 Å². The molecule has 1 fully saturated rings. The second kappa shape index (κ2) is 7.56. The number of hydrazine groups is 1. The molecule has 0 spiro atoms. The molecule has 3 heterocycles. The Hall–Kier alpha value is -2.08. The van der Waals surface area contributed by atoms with Crippen LogP contribution >= 0.6 is 0 Å². The molecular formula is C24H30F3N3. The zero-order chi connectivity index (χ0) is 21.7. The number of pyridine rings is 1. The van der Waals surface area contributed by atoms with Crippen LogP contribution in [-0.2, 0) is 6.42 Å². The molecule has 1 atom stereocenters. The van der Waals surface area contributed by atoms with Crippen LogP contribution in [0, 0.1) is 11.2 Å². The Kier molecular flexibility index (Phi) is 5.33. The maximum Gasteiger partial charge on any atom is 0.251 e. The van der Waals surface area contributed by atoms with E-state index in [-0.39, 0.29) is 12.1 Å². The van der Waals surface area contributed by atoms with Gasteiger partial charge in [0.25, 0.3) is 5.92 Å². The van der Waals surface area contributed by atoms with Gasteiger partial charge in [0.2, 0.25) is 0 Å². The summed E-state index contributed by atoms with van der Waals surface area (Å²) in [6.07, 6.45) is 11.2. The minimum absolute atomic E-state index is 0.0145. The molecule has 4 rings (SSSR count). The lowest BCUT2D eigenvalue weighted by atomic mass is 9.62. The normalized spacial score (nSPS) is 23.5. The summed E-state index contributed by atoms with van der Waals surface area (Å²) in [5.41, 5.74) is 3.04. The topological polar surface area (TPSA) is 19.4 Å². The standard InChI is InChI=1S/C24H30F3N3/c1-5-18-21(6-2)29(4)30-11-8-16(13-22(18)30)17-12-19(25)20(28-15-17)14-24(9-7-10-24)23(3,26)27/h8,11-13,15,21H,5-7,9-10,14H2,1-4H3. The van der Waals surface area contributed by atoms with Crippen LogP contribution in [0.25, 0.3) is 5.57 Å². The van der Waals surface area contributed by atoms with Crippen molar-refractivity contribution in [2.45, 2.75) is 71.3 Å². The first kappa shape index (κ1) is 21.2. The lowest BCUT2D eigenvalue weighted by Gasteiger charge is -2.46. The average Bonchev–Trinajstić information content (AvgIpc) is 2.95. The fourth-order valence-electron chi connectivity index (χ4n) is 5.11. The summed E-state index contributed by atoms with van der Waals surface area (Å²) in [6.45, 7) is 5.28. The molecule has 1 saturated carbocycles. The fourth-order valence-corrected chi connectivity index (χ4v) is 5.11. The van der Waals surface area contributed by atoms with Crippen molar-refractivity contribution in [2.24, 2.45) is 5.41 Å². The molecule has 0 N–H and O–H groups in total. The van der Waals surface area contributed by atoms with E-state index in [1.54, 1.807) is 6.20 Å². The summed E-state index contributed by atoms with van der Waals surface area (Å²) in [4.78, 5) is 4.28. The van der Waals surface area contributed by atoms with Gasteiger partial charge in [0.15, 0.2) is 0 Å². The van der Waals surface area contributed by atoms with Crippen LogP contribution in [0.5, 0.6) is 0 Å². The van der Waals surface area contributed by atoms with Crippen molar-refractivity contribution in [2.75, 3.05) is 7.05 Å². The molecule has 2 aliphatic heterocycles. The van der Waals surface area contributed by atoms with Crippen LogP contribution in [0.3, 0.4) is 0 Å². The van der Waals surface area contributed by atoms with Gasteiger partial charge in [0, 0.05) is 36.8 Å². The highest BCUT2D eigenvalue weighted by atomic mass is 19.3.